The van der Waals surface area contributed by atoms with Gasteiger partial charge in [-0.25, -0.2) is 0 Å². The van der Waals surface area contributed by atoms with Crippen LogP contribution in [0.3, 0.4) is 0 Å². The van der Waals surface area contributed by atoms with Crippen molar-refractivity contribution in [1.29, 1.82) is 0 Å². The molecule has 1 saturated heterocycles. The molecule has 0 aliphatic carbocycles. The van der Waals surface area contributed by atoms with Crippen LogP contribution < -0.4 is 5.32 Å². The Morgan fingerprint density at radius 1 is 1.28 bits per heavy atom. The van der Waals surface area contributed by atoms with Crippen LogP contribution in [0.4, 0.5) is 0 Å². The largest absolute Gasteiger partial charge is 0.316 e. The van der Waals surface area contributed by atoms with Gasteiger partial charge in [-0.15, -0.1) is 6.58 Å². The van der Waals surface area contributed by atoms with Crippen molar-refractivity contribution in [3.63, 3.8) is 0 Å². The molecule has 1 N–H and O–H groups in total. The highest BCUT2D eigenvalue weighted by Gasteiger charge is 2.34. The highest BCUT2D eigenvalue weighted by atomic mass is 15.2. The van der Waals surface area contributed by atoms with Crippen LogP contribution >= 0.6 is 0 Å². The summed E-state index contributed by atoms with van der Waals surface area (Å²) in [5, 5.41) is 3.55. The Hall–Kier alpha value is -0.340. The summed E-state index contributed by atoms with van der Waals surface area (Å²) in [6.45, 7) is 20.1. The van der Waals surface area contributed by atoms with E-state index < -0.39 is 0 Å². The van der Waals surface area contributed by atoms with E-state index in [1.807, 2.05) is 6.08 Å². The van der Waals surface area contributed by atoms with Crippen LogP contribution in [0.1, 0.15) is 47.5 Å². The molecule has 106 valence electrons. The fraction of sp³-hybridized carbons (Fsp3) is 0.875. The summed E-state index contributed by atoms with van der Waals surface area (Å²) in [7, 11) is 0. The molecule has 0 spiro atoms. The molecule has 0 amide bonds. The van der Waals surface area contributed by atoms with Crippen molar-refractivity contribution in [3.8, 4) is 0 Å². The van der Waals surface area contributed by atoms with Gasteiger partial charge >= 0.3 is 0 Å². The molecule has 0 saturated carbocycles. The summed E-state index contributed by atoms with van der Waals surface area (Å²) < 4.78 is 0. The van der Waals surface area contributed by atoms with Gasteiger partial charge in [0, 0.05) is 18.6 Å². The minimum absolute atomic E-state index is 0.216. The van der Waals surface area contributed by atoms with E-state index in [1.165, 1.54) is 25.9 Å². The standard InChI is InChI=1S/C16H32N2/c1-7-11-18(15(2,3)4)13-16(5,6)14-9-8-10-17-12-14/h7,14,17H,1,8-13H2,2-6H3. The van der Waals surface area contributed by atoms with E-state index in [0.717, 1.165) is 19.0 Å². The van der Waals surface area contributed by atoms with Gasteiger partial charge in [0.05, 0.1) is 0 Å². The highest BCUT2D eigenvalue weighted by molar-refractivity contribution is 4.91. The van der Waals surface area contributed by atoms with Gasteiger partial charge in [-0.3, -0.25) is 4.90 Å². The summed E-state index contributed by atoms with van der Waals surface area (Å²) in [5.41, 5.74) is 0.581. The van der Waals surface area contributed by atoms with Crippen molar-refractivity contribution in [3.05, 3.63) is 12.7 Å². The number of rotatable bonds is 5. The zero-order chi connectivity index (χ0) is 13.8. The summed E-state index contributed by atoms with van der Waals surface area (Å²) in [6, 6.07) is 0. The Morgan fingerprint density at radius 3 is 2.39 bits per heavy atom. The third-order valence-corrected chi connectivity index (χ3v) is 4.30. The van der Waals surface area contributed by atoms with Gasteiger partial charge < -0.3 is 5.32 Å². The Kier molecular flexibility index (Phi) is 5.42. The predicted octanol–water partition coefficient (Wildman–Crippen LogP) is 3.30. The first-order valence-electron chi connectivity index (χ1n) is 7.34. The van der Waals surface area contributed by atoms with Crippen LogP contribution in [0.5, 0.6) is 0 Å². The lowest BCUT2D eigenvalue weighted by Crippen LogP contribution is -2.50. The highest BCUT2D eigenvalue weighted by Crippen LogP contribution is 2.34. The van der Waals surface area contributed by atoms with Crippen LogP contribution in [-0.2, 0) is 0 Å². The number of nitrogens with one attached hydrogen (secondary N) is 1. The first-order chi connectivity index (χ1) is 8.27. The Bertz CT molecular complexity index is 257. The maximum atomic E-state index is 3.90. The van der Waals surface area contributed by atoms with Gasteiger partial charge in [0.15, 0.2) is 0 Å². The van der Waals surface area contributed by atoms with Gasteiger partial charge in [-0.1, -0.05) is 19.9 Å². The summed E-state index contributed by atoms with van der Waals surface area (Å²) in [4.78, 5) is 2.55. The van der Waals surface area contributed by atoms with E-state index in [0.29, 0.717) is 5.41 Å². The molecule has 1 fully saturated rings. The molecule has 2 nitrogen and oxygen atoms in total. The summed E-state index contributed by atoms with van der Waals surface area (Å²) >= 11 is 0. The summed E-state index contributed by atoms with van der Waals surface area (Å²) in [5.74, 6) is 0.793. The van der Waals surface area contributed by atoms with E-state index in [-0.39, 0.29) is 5.54 Å². The van der Waals surface area contributed by atoms with Gasteiger partial charge in [0.1, 0.15) is 0 Å². The second kappa shape index (κ2) is 6.21. The van der Waals surface area contributed by atoms with Gasteiger partial charge in [-0.05, 0) is 58.0 Å². The lowest BCUT2D eigenvalue weighted by atomic mass is 9.74. The molecule has 1 heterocycles. The van der Waals surface area contributed by atoms with Crippen LogP contribution in [-0.4, -0.2) is 36.6 Å². The summed E-state index contributed by atoms with van der Waals surface area (Å²) in [6.07, 6.45) is 4.72. The van der Waals surface area contributed by atoms with Gasteiger partial charge in [0.2, 0.25) is 0 Å². The normalized spacial score (nSPS) is 22.2. The number of piperidine rings is 1. The molecule has 0 aromatic heterocycles. The van der Waals surface area contributed by atoms with Gasteiger partial charge in [0.25, 0.3) is 0 Å². The van der Waals surface area contributed by atoms with E-state index in [4.69, 9.17) is 0 Å². The molecule has 0 bridgehead atoms. The second-order valence-electron chi connectivity index (χ2n) is 7.37. The molecule has 2 heteroatoms. The average molecular weight is 252 g/mol. The van der Waals surface area contributed by atoms with Crippen molar-refractivity contribution in [2.45, 2.75) is 53.0 Å². The number of nitrogens with zero attached hydrogens (tertiary/aromatic N) is 1. The molecule has 0 aromatic rings. The fourth-order valence-electron chi connectivity index (χ4n) is 2.87. The second-order valence-corrected chi connectivity index (χ2v) is 7.37. The molecule has 1 atom stereocenters. The van der Waals surface area contributed by atoms with Crippen LogP contribution in [0.25, 0.3) is 0 Å². The van der Waals surface area contributed by atoms with Crippen LogP contribution in [0.15, 0.2) is 12.7 Å². The van der Waals surface area contributed by atoms with E-state index in [2.05, 4.69) is 51.4 Å². The Morgan fingerprint density at radius 2 is 1.94 bits per heavy atom. The number of hydrogen-bond acceptors (Lipinski definition) is 2. The van der Waals surface area contributed by atoms with Crippen molar-refractivity contribution < 1.29 is 0 Å². The van der Waals surface area contributed by atoms with Crippen molar-refractivity contribution in [2.24, 2.45) is 11.3 Å². The lowest BCUT2D eigenvalue weighted by molar-refractivity contribution is 0.0551. The zero-order valence-corrected chi connectivity index (χ0v) is 13.1. The van der Waals surface area contributed by atoms with Crippen LogP contribution in [0, 0.1) is 11.3 Å². The molecule has 0 radical (unpaired) electrons. The third-order valence-electron chi connectivity index (χ3n) is 4.30. The maximum Gasteiger partial charge on any atom is 0.0166 e. The fourth-order valence-corrected chi connectivity index (χ4v) is 2.87. The molecule has 1 aliphatic rings. The van der Waals surface area contributed by atoms with Crippen molar-refractivity contribution >= 4 is 0 Å². The molecule has 1 unspecified atom stereocenters. The Balaban J connectivity index is 2.68. The molecule has 18 heavy (non-hydrogen) atoms. The minimum Gasteiger partial charge on any atom is -0.316 e. The Labute approximate surface area is 114 Å². The van der Waals surface area contributed by atoms with Crippen molar-refractivity contribution in [1.82, 2.24) is 10.2 Å². The first-order valence-corrected chi connectivity index (χ1v) is 7.34. The topological polar surface area (TPSA) is 15.3 Å². The monoisotopic (exact) mass is 252 g/mol. The van der Waals surface area contributed by atoms with Crippen LogP contribution in [0.2, 0.25) is 0 Å². The van der Waals surface area contributed by atoms with Crippen molar-refractivity contribution in [2.75, 3.05) is 26.2 Å². The molecular weight excluding hydrogens is 220 g/mol. The van der Waals surface area contributed by atoms with E-state index in [1.54, 1.807) is 0 Å². The minimum atomic E-state index is 0.216. The van der Waals surface area contributed by atoms with E-state index >= 15 is 0 Å². The SMILES string of the molecule is C=CCN(CC(C)(C)C1CCCNC1)C(C)(C)C. The molecule has 1 rings (SSSR count). The predicted molar refractivity (Wildman–Crippen MR) is 80.9 cm³/mol. The van der Waals surface area contributed by atoms with E-state index in [9.17, 15) is 0 Å². The molecule has 1 aliphatic heterocycles. The lowest BCUT2D eigenvalue weighted by Gasteiger charge is -2.45. The third kappa shape index (κ3) is 4.40. The maximum absolute atomic E-state index is 3.90. The van der Waals surface area contributed by atoms with Gasteiger partial charge in [-0.2, -0.15) is 0 Å². The quantitative estimate of drug-likeness (QED) is 0.755. The molecule has 0 aromatic carbocycles. The average Bonchev–Trinajstić information content (AvgIpc) is 2.28. The zero-order valence-electron chi connectivity index (χ0n) is 13.1. The first kappa shape index (κ1) is 15.7. The molecular formula is C16H32N2. The smallest absolute Gasteiger partial charge is 0.0166 e. The number of hydrogen-bond donors (Lipinski definition) is 1.